The van der Waals surface area contributed by atoms with Crippen LogP contribution in [-0.4, -0.2) is 84.4 Å². The van der Waals surface area contributed by atoms with E-state index >= 15 is 0 Å². The number of nitrogens with one attached hydrogen (secondary N) is 1. The predicted octanol–water partition coefficient (Wildman–Crippen LogP) is 1.25. The lowest BCUT2D eigenvalue weighted by Gasteiger charge is -2.44. The Bertz CT molecular complexity index is 1040. The Hall–Kier alpha value is -2.09. The Balaban J connectivity index is 2.11. The van der Waals surface area contributed by atoms with Gasteiger partial charge in [-0.15, -0.1) is 23.2 Å². The molecule has 0 aromatic heterocycles. The third kappa shape index (κ3) is 9.95. The number of benzene rings is 2. The Labute approximate surface area is 232 Å². The van der Waals surface area contributed by atoms with E-state index in [-0.39, 0.29) is 31.9 Å². The van der Waals surface area contributed by atoms with Crippen molar-refractivity contribution >= 4 is 72.2 Å². The third-order valence-electron chi connectivity index (χ3n) is 5.40. The number of hydrogen-bond acceptors (Lipinski definition) is 5. The molecule has 8 radical (unpaired) electrons. The molecule has 0 aliphatic rings. The fourth-order valence-corrected chi connectivity index (χ4v) is 3.79. The van der Waals surface area contributed by atoms with Crippen LogP contribution in [0.4, 0.5) is 10.1 Å². The molecule has 2 atom stereocenters. The summed E-state index contributed by atoms with van der Waals surface area (Å²) in [4.78, 5) is 26.7. The standard InChI is InChI=1S/C24H26B4Cl2FN3O3/c1-2-37-22(36)20(12-16-3-7-17(31)8-4-16)33-21(35)19(32)11-15-5-9-18(10-6-15)34(14-23(25,26)30)24(27,28)13-29/h3-10,19-20H,2,11-14,32H2,1H3,(H,33,35). The van der Waals surface area contributed by atoms with E-state index in [1.54, 1.807) is 31.2 Å². The number of rotatable bonds is 13. The van der Waals surface area contributed by atoms with Crippen molar-refractivity contribution in [3.63, 3.8) is 0 Å². The van der Waals surface area contributed by atoms with E-state index in [2.05, 4.69) is 5.32 Å². The van der Waals surface area contributed by atoms with Gasteiger partial charge in [-0.1, -0.05) is 24.3 Å². The van der Waals surface area contributed by atoms with Gasteiger partial charge < -0.3 is 20.7 Å². The SMILES string of the molecule is [B]C([B])(Cl)CN(c1ccc(CC(N)C(=O)NC(Cc2ccc(F)cc2)C(=O)OCC)cc1)C([B])([B])CCl. The molecule has 2 unspecified atom stereocenters. The lowest BCUT2D eigenvalue weighted by atomic mass is 9.60. The second-order valence-corrected chi connectivity index (χ2v) is 9.73. The number of carbonyl (C=O) groups excluding carboxylic acids is 2. The zero-order valence-electron chi connectivity index (χ0n) is 20.5. The van der Waals surface area contributed by atoms with Gasteiger partial charge in [-0.3, -0.25) is 4.79 Å². The molecule has 13 heteroatoms. The number of halogens is 3. The minimum atomic E-state index is -1.61. The molecule has 0 heterocycles. The van der Waals surface area contributed by atoms with Crippen molar-refractivity contribution in [3.8, 4) is 0 Å². The molecule has 2 aromatic rings. The first kappa shape index (κ1) is 31.1. The van der Waals surface area contributed by atoms with Crippen molar-refractivity contribution in [2.45, 2.75) is 41.9 Å². The van der Waals surface area contributed by atoms with Gasteiger partial charge in [0.05, 0.1) is 44.0 Å². The molecule has 37 heavy (non-hydrogen) atoms. The fourth-order valence-electron chi connectivity index (χ4n) is 3.52. The molecular weight excluding hydrogens is 511 g/mol. The van der Waals surface area contributed by atoms with Gasteiger partial charge in [-0.2, -0.15) is 0 Å². The third-order valence-corrected chi connectivity index (χ3v) is 5.95. The summed E-state index contributed by atoms with van der Waals surface area (Å²) in [6, 6.07) is 10.5. The van der Waals surface area contributed by atoms with Crippen molar-refractivity contribution in [1.82, 2.24) is 5.32 Å². The quantitative estimate of drug-likeness (QED) is 0.228. The molecule has 0 bridgehead atoms. The smallest absolute Gasteiger partial charge is 0.328 e. The van der Waals surface area contributed by atoms with Crippen molar-refractivity contribution < 1.29 is 18.7 Å². The number of hydrogen-bond donors (Lipinski definition) is 2. The van der Waals surface area contributed by atoms with Crippen molar-refractivity contribution in [3.05, 3.63) is 65.5 Å². The normalized spacial score (nSPS) is 13.4. The minimum absolute atomic E-state index is 0.0984. The Morgan fingerprint density at radius 2 is 1.59 bits per heavy atom. The van der Waals surface area contributed by atoms with Crippen LogP contribution in [0.1, 0.15) is 18.1 Å². The van der Waals surface area contributed by atoms with Crippen LogP contribution in [0.2, 0.25) is 0 Å². The number of esters is 1. The highest BCUT2D eigenvalue weighted by atomic mass is 35.5. The van der Waals surface area contributed by atoms with Crippen molar-refractivity contribution in [1.29, 1.82) is 0 Å². The molecule has 3 N–H and O–H groups in total. The van der Waals surface area contributed by atoms with Gasteiger partial charge in [0.2, 0.25) is 5.91 Å². The molecule has 2 aromatic carbocycles. The topological polar surface area (TPSA) is 84.7 Å². The predicted molar refractivity (Wildman–Crippen MR) is 149 cm³/mol. The van der Waals surface area contributed by atoms with Gasteiger partial charge in [0.25, 0.3) is 0 Å². The fraction of sp³-hybridized carbons (Fsp3) is 0.417. The summed E-state index contributed by atoms with van der Waals surface area (Å²) >= 11 is 11.9. The molecule has 2 rings (SSSR count). The molecule has 0 fully saturated rings. The maximum atomic E-state index is 13.2. The van der Waals surface area contributed by atoms with E-state index in [1.807, 2.05) is 0 Å². The van der Waals surface area contributed by atoms with Crippen LogP contribution in [0.3, 0.4) is 0 Å². The van der Waals surface area contributed by atoms with Gasteiger partial charge in [0, 0.05) is 24.5 Å². The molecule has 0 saturated carbocycles. The monoisotopic (exact) mass is 537 g/mol. The van der Waals surface area contributed by atoms with Crippen LogP contribution in [0.5, 0.6) is 0 Å². The summed E-state index contributed by atoms with van der Waals surface area (Å²) in [5.74, 6) is -1.70. The summed E-state index contributed by atoms with van der Waals surface area (Å²) < 4.78 is 16.7. The van der Waals surface area contributed by atoms with Crippen molar-refractivity contribution in [2.24, 2.45) is 5.73 Å². The second kappa shape index (κ2) is 13.6. The number of ether oxygens (including phenoxy) is 1. The molecule has 0 spiro atoms. The largest absolute Gasteiger partial charge is 0.464 e. The van der Waals surface area contributed by atoms with Gasteiger partial charge in [-0.25, -0.2) is 9.18 Å². The summed E-state index contributed by atoms with van der Waals surface area (Å²) in [5, 5.41) is 1.16. The van der Waals surface area contributed by atoms with E-state index in [9.17, 15) is 14.0 Å². The van der Waals surface area contributed by atoms with Gasteiger partial charge in [-0.05, 0) is 58.7 Å². The average molecular weight is 538 g/mol. The van der Waals surface area contributed by atoms with Crippen LogP contribution in [0.25, 0.3) is 0 Å². The number of anilines is 1. The summed E-state index contributed by atoms with van der Waals surface area (Å²) in [5.41, 5.74) is 8.05. The first-order valence-electron chi connectivity index (χ1n) is 11.5. The van der Waals surface area contributed by atoms with E-state index in [0.717, 1.165) is 5.56 Å². The van der Waals surface area contributed by atoms with Gasteiger partial charge >= 0.3 is 5.97 Å². The van der Waals surface area contributed by atoms with E-state index < -0.39 is 39.8 Å². The van der Waals surface area contributed by atoms with Crippen LogP contribution in [0.15, 0.2) is 48.5 Å². The molecule has 188 valence electrons. The first-order chi connectivity index (χ1) is 17.3. The van der Waals surface area contributed by atoms with Crippen LogP contribution in [0, 0.1) is 5.82 Å². The molecule has 0 aliphatic heterocycles. The molecule has 0 aliphatic carbocycles. The van der Waals surface area contributed by atoms with Gasteiger partial charge in [0.15, 0.2) is 0 Å². The van der Waals surface area contributed by atoms with E-state index in [4.69, 9.17) is 65.1 Å². The molecule has 6 nitrogen and oxygen atoms in total. The second-order valence-electron chi connectivity index (χ2n) is 8.76. The summed E-state index contributed by atoms with van der Waals surface area (Å²) in [6.45, 7) is 1.70. The molecular formula is C24H26B4Cl2FN3O3. The minimum Gasteiger partial charge on any atom is -0.464 e. The number of amides is 1. The Morgan fingerprint density at radius 1 is 1.05 bits per heavy atom. The average Bonchev–Trinajstić information content (AvgIpc) is 2.83. The van der Waals surface area contributed by atoms with Crippen LogP contribution < -0.4 is 16.0 Å². The Morgan fingerprint density at radius 3 is 2.11 bits per heavy atom. The number of nitrogens with two attached hydrogens (primary N) is 1. The maximum Gasteiger partial charge on any atom is 0.328 e. The number of nitrogens with zero attached hydrogens (tertiary/aromatic N) is 1. The summed E-state index contributed by atoms with van der Waals surface area (Å²) in [6.07, 6.45) is 0.282. The first-order valence-corrected chi connectivity index (χ1v) is 12.4. The molecule has 1 amide bonds. The highest BCUT2D eigenvalue weighted by molar-refractivity contribution is 6.63. The van der Waals surface area contributed by atoms with E-state index in [1.165, 1.54) is 29.2 Å². The highest BCUT2D eigenvalue weighted by Crippen LogP contribution is 2.25. The molecule has 0 saturated heterocycles. The number of carbonyl (C=O) groups is 2. The van der Waals surface area contributed by atoms with Crippen molar-refractivity contribution in [2.75, 3.05) is 23.9 Å². The summed E-state index contributed by atoms with van der Waals surface area (Å²) in [7, 11) is 23.6. The number of alkyl halides is 2. The van der Waals surface area contributed by atoms with Crippen LogP contribution >= 0.6 is 23.2 Å². The lowest BCUT2D eigenvalue weighted by molar-refractivity contribution is -0.147. The van der Waals surface area contributed by atoms with E-state index in [0.29, 0.717) is 11.3 Å². The highest BCUT2D eigenvalue weighted by Gasteiger charge is 2.30. The Kier molecular flexibility index (Phi) is 11.5. The zero-order chi connectivity index (χ0) is 27.8. The zero-order valence-corrected chi connectivity index (χ0v) is 22.0. The maximum absolute atomic E-state index is 13.2. The van der Waals surface area contributed by atoms with Gasteiger partial charge in [0.1, 0.15) is 11.9 Å². The lowest BCUT2D eigenvalue weighted by Crippen LogP contribution is -2.56. The van der Waals surface area contributed by atoms with Crippen LogP contribution in [-0.2, 0) is 27.2 Å².